The summed E-state index contributed by atoms with van der Waals surface area (Å²) >= 11 is 0. The van der Waals surface area contributed by atoms with E-state index in [4.69, 9.17) is 4.42 Å². The number of nitrogens with one attached hydrogen (secondary N) is 1. The van der Waals surface area contributed by atoms with Crippen LogP contribution < -0.4 is 10.9 Å². The number of rotatable bonds is 3. The fourth-order valence-electron chi connectivity index (χ4n) is 4.02. The Morgan fingerprint density at radius 2 is 1.96 bits per heavy atom. The first-order valence-corrected chi connectivity index (χ1v) is 8.90. The summed E-state index contributed by atoms with van der Waals surface area (Å²) in [7, 11) is 0. The highest BCUT2D eigenvalue weighted by Crippen LogP contribution is 2.28. The van der Waals surface area contributed by atoms with Gasteiger partial charge >= 0.3 is 5.63 Å². The minimum absolute atomic E-state index is 0.272. The zero-order chi connectivity index (χ0) is 16.5. The molecule has 1 aliphatic rings. The van der Waals surface area contributed by atoms with Crippen molar-refractivity contribution >= 4 is 21.7 Å². The van der Waals surface area contributed by atoms with Gasteiger partial charge in [-0.25, -0.2) is 4.79 Å². The average Bonchev–Trinajstić information content (AvgIpc) is 2.60. The minimum Gasteiger partial charge on any atom is -0.423 e. The van der Waals surface area contributed by atoms with E-state index < -0.39 is 0 Å². The standard InChI is InChI=1S/C21H23NO2/c1-14-6-2-5-9-18(14)22-13-16-12-20(23)24-19-11-10-15-7-3-4-8-17(15)21(16)19/h3-4,7-8,10-12,14,18,22H,2,5-6,9,13H2,1H3/t14-,18-/m0/s1. The largest absolute Gasteiger partial charge is 0.423 e. The molecule has 3 nitrogen and oxygen atoms in total. The van der Waals surface area contributed by atoms with E-state index in [1.165, 1.54) is 31.1 Å². The zero-order valence-electron chi connectivity index (χ0n) is 14.0. The highest BCUT2D eigenvalue weighted by atomic mass is 16.4. The van der Waals surface area contributed by atoms with Gasteiger partial charge in [-0.3, -0.25) is 0 Å². The summed E-state index contributed by atoms with van der Waals surface area (Å²) in [5.41, 5.74) is 1.44. The normalized spacial score (nSPS) is 21.4. The average molecular weight is 321 g/mol. The van der Waals surface area contributed by atoms with Crippen LogP contribution in [0.1, 0.15) is 38.2 Å². The minimum atomic E-state index is -0.272. The van der Waals surface area contributed by atoms with Crippen LogP contribution in [-0.4, -0.2) is 6.04 Å². The first-order valence-electron chi connectivity index (χ1n) is 8.90. The molecule has 1 heterocycles. The Kier molecular flexibility index (Phi) is 4.11. The van der Waals surface area contributed by atoms with Gasteiger partial charge < -0.3 is 9.73 Å². The summed E-state index contributed by atoms with van der Waals surface area (Å²) in [6, 6.07) is 14.4. The molecule has 2 atom stereocenters. The van der Waals surface area contributed by atoms with Crippen LogP contribution in [0.5, 0.6) is 0 Å². The maximum absolute atomic E-state index is 12.0. The Morgan fingerprint density at radius 1 is 1.12 bits per heavy atom. The van der Waals surface area contributed by atoms with Crippen molar-refractivity contribution in [1.82, 2.24) is 5.32 Å². The third-order valence-corrected chi connectivity index (χ3v) is 5.38. The smallest absolute Gasteiger partial charge is 0.336 e. The Balaban J connectivity index is 1.76. The lowest BCUT2D eigenvalue weighted by molar-refractivity contribution is 0.279. The topological polar surface area (TPSA) is 42.2 Å². The third kappa shape index (κ3) is 2.84. The van der Waals surface area contributed by atoms with E-state index in [1.807, 2.05) is 24.3 Å². The number of fused-ring (bicyclic) bond motifs is 3. The maximum atomic E-state index is 12.0. The molecule has 4 rings (SSSR count). The molecular formula is C21H23NO2. The van der Waals surface area contributed by atoms with E-state index in [2.05, 4.69) is 24.4 Å². The SMILES string of the molecule is C[C@H]1CCCC[C@@H]1NCc1cc(=O)oc2ccc3ccccc3c12. The first kappa shape index (κ1) is 15.4. The van der Waals surface area contributed by atoms with Gasteiger partial charge in [-0.2, -0.15) is 0 Å². The number of hydrogen-bond donors (Lipinski definition) is 1. The number of benzene rings is 2. The summed E-state index contributed by atoms with van der Waals surface area (Å²) in [4.78, 5) is 12.0. The van der Waals surface area contributed by atoms with Gasteiger partial charge in [0.2, 0.25) is 0 Å². The Bertz CT molecular complexity index is 928. The van der Waals surface area contributed by atoms with E-state index >= 15 is 0 Å². The molecule has 0 unspecified atom stereocenters. The van der Waals surface area contributed by atoms with Gasteiger partial charge in [0.15, 0.2) is 0 Å². The summed E-state index contributed by atoms with van der Waals surface area (Å²) in [6.07, 6.45) is 5.14. The molecular weight excluding hydrogens is 298 g/mol. The van der Waals surface area contributed by atoms with E-state index in [9.17, 15) is 4.79 Å². The highest BCUT2D eigenvalue weighted by Gasteiger charge is 2.21. The van der Waals surface area contributed by atoms with Crippen molar-refractivity contribution in [1.29, 1.82) is 0 Å². The maximum Gasteiger partial charge on any atom is 0.336 e. The molecule has 0 spiro atoms. The molecule has 3 heteroatoms. The van der Waals surface area contributed by atoms with Crippen LogP contribution in [0, 0.1) is 5.92 Å². The van der Waals surface area contributed by atoms with Crippen molar-refractivity contribution in [3.05, 3.63) is 58.4 Å². The summed E-state index contributed by atoms with van der Waals surface area (Å²) in [5.74, 6) is 0.696. The summed E-state index contributed by atoms with van der Waals surface area (Å²) in [5, 5.41) is 7.07. The molecule has 0 radical (unpaired) electrons. The predicted octanol–water partition coefficient (Wildman–Crippen LogP) is 4.61. The van der Waals surface area contributed by atoms with Gasteiger partial charge in [0.05, 0.1) is 0 Å². The van der Waals surface area contributed by atoms with Crippen molar-refractivity contribution in [3.63, 3.8) is 0 Å². The fraction of sp³-hybridized carbons (Fsp3) is 0.381. The summed E-state index contributed by atoms with van der Waals surface area (Å²) in [6.45, 7) is 3.04. The van der Waals surface area contributed by atoms with Crippen molar-refractivity contribution in [2.24, 2.45) is 5.92 Å². The van der Waals surface area contributed by atoms with Gasteiger partial charge in [-0.15, -0.1) is 0 Å². The third-order valence-electron chi connectivity index (χ3n) is 5.38. The van der Waals surface area contributed by atoms with Crippen LogP contribution >= 0.6 is 0 Å². The van der Waals surface area contributed by atoms with Crippen molar-refractivity contribution in [2.45, 2.75) is 45.2 Å². The zero-order valence-corrected chi connectivity index (χ0v) is 14.0. The lowest BCUT2D eigenvalue weighted by Gasteiger charge is -2.29. The van der Waals surface area contributed by atoms with E-state index in [1.54, 1.807) is 6.07 Å². The molecule has 24 heavy (non-hydrogen) atoms. The van der Waals surface area contributed by atoms with Crippen LogP contribution in [-0.2, 0) is 6.54 Å². The number of hydrogen-bond acceptors (Lipinski definition) is 3. The lowest BCUT2D eigenvalue weighted by atomic mass is 9.86. The molecule has 0 amide bonds. The fourth-order valence-corrected chi connectivity index (χ4v) is 4.02. The highest BCUT2D eigenvalue weighted by molar-refractivity contribution is 6.07. The van der Waals surface area contributed by atoms with Gasteiger partial charge in [0.25, 0.3) is 0 Å². The second-order valence-electron chi connectivity index (χ2n) is 7.00. The van der Waals surface area contributed by atoms with Crippen molar-refractivity contribution < 1.29 is 4.42 Å². The van der Waals surface area contributed by atoms with Gasteiger partial charge in [-0.05, 0) is 41.2 Å². The molecule has 0 bridgehead atoms. The van der Waals surface area contributed by atoms with Crippen LogP contribution in [0.4, 0.5) is 0 Å². The Morgan fingerprint density at radius 3 is 2.83 bits per heavy atom. The first-order chi connectivity index (χ1) is 11.7. The Labute approximate surface area is 141 Å². The van der Waals surface area contributed by atoms with Crippen LogP contribution in [0.3, 0.4) is 0 Å². The molecule has 124 valence electrons. The summed E-state index contributed by atoms with van der Waals surface area (Å²) < 4.78 is 5.44. The van der Waals surface area contributed by atoms with Crippen LogP contribution in [0.15, 0.2) is 51.7 Å². The second kappa shape index (κ2) is 6.40. The van der Waals surface area contributed by atoms with Gasteiger partial charge in [0, 0.05) is 24.0 Å². The molecule has 1 fully saturated rings. The molecule has 3 aromatic rings. The second-order valence-corrected chi connectivity index (χ2v) is 7.00. The Hall–Kier alpha value is -2.13. The molecule has 0 saturated heterocycles. The van der Waals surface area contributed by atoms with E-state index in [0.29, 0.717) is 24.1 Å². The molecule has 0 aliphatic heterocycles. The monoisotopic (exact) mass is 321 g/mol. The quantitative estimate of drug-likeness (QED) is 0.565. The van der Waals surface area contributed by atoms with Crippen molar-refractivity contribution in [3.8, 4) is 0 Å². The van der Waals surface area contributed by atoms with Crippen molar-refractivity contribution in [2.75, 3.05) is 0 Å². The van der Waals surface area contributed by atoms with E-state index in [0.717, 1.165) is 16.3 Å². The molecule has 1 N–H and O–H groups in total. The van der Waals surface area contributed by atoms with Crippen LogP contribution in [0.25, 0.3) is 21.7 Å². The van der Waals surface area contributed by atoms with Crippen LogP contribution in [0.2, 0.25) is 0 Å². The molecule has 2 aromatic carbocycles. The molecule has 1 saturated carbocycles. The lowest BCUT2D eigenvalue weighted by Crippen LogP contribution is -2.36. The predicted molar refractivity (Wildman–Crippen MR) is 98.2 cm³/mol. The van der Waals surface area contributed by atoms with E-state index in [-0.39, 0.29) is 5.63 Å². The van der Waals surface area contributed by atoms with Gasteiger partial charge in [-0.1, -0.05) is 50.1 Å². The van der Waals surface area contributed by atoms with Gasteiger partial charge in [0.1, 0.15) is 5.58 Å². The molecule has 1 aromatic heterocycles. The molecule has 1 aliphatic carbocycles.